The van der Waals surface area contributed by atoms with Crippen molar-refractivity contribution < 1.29 is 14.4 Å². The molecule has 0 aromatic heterocycles. The molecule has 0 saturated carbocycles. The van der Waals surface area contributed by atoms with E-state index >= 15 is 0 Å². The number of aryl methyl sites for hydroxylation is 2. The van der Waals surface area contributed by atoms with Crippen molar-refractivity contribution in [3.05, 3.63) is 76.8 Å². The molecule has 0 heterocycles. The van der Waals surface area contributed by atoms with Gasteiger partial charge in [0.15, 0.2) is 5.78 Å². The van der Waals surface area contributed by atoms with Gasteiger partial charge >= 0.3 is 6.03 Å². The van der Waals surface area contributed by atoms with E-state index in [0.717, 1.165) is 17.5 Å². The molecule has 182 valence electrons. The third-order valence-corrected chi connectivity index (χ3v) is 5.48. The predicted molar refractivity (Wildman–Crippen MR) is 138 cm³/mol. The van der Waals surface area contributed by atoms with E-state index in [4.69, 9.17) is 11.6 Å². The predicted octanol–water partition coefficient (Wildman–Crippen LogP) is 5.45. The maximum atomic E-state index is 13.2. The quantitative estimate of drug-likeness (QED) is 0.371. The van der Waals surface area contributed by atoms with E-state index in [9.17, 15) is 14.4 Å². The van der Waals surface area contributed by atoms with Gasteiger partial charge in [-0.25, -0.2) is 4.79 Å². The fourth-order valence-corrected chi connectivity index (χ4v) is 3.73. The van der Waals surface area contributed by atoms with Crippen molar-refractivity contribution in [1.82, 2.24) is 10.6 Å². The van der Waals surface area contributed by atoms with Gasteiger partial charge in [0.05, 0.1) is 0 Å². The Kier molecular flexibility index (Phi) is 10.8. The first-order valence-corrected chi connectivity index (χ1v) is 11.9. The van der Waals surface area contributed by atoms with Gasteiger partial charge in [0, 0.05) is 16.8 Å². The minimum atomic E-state index is -0.724. The summed E-state index contributed by atoms with van der Waals surface area (Å²) in [5.41, 5.74) is 2.59. The highest BCUT2D eigenvalue weighted by Gasteiger charge is 2.24. The SMILES string of the molecule is CC(=O)/C=C/[C@H](CCc1ccccc1)NC(=O)[C@H](CC(C)C)NC(=O)Nc1ccc(Cl)cc1C. The van der Waals surface area contributed by atoms with Crippen molar-refractivity contribution in [3.8, 4) is 0 Å². The Morgan fingerprint density at radius 2 is 1.74 bits per heavy atom. The van der Waals surface area contributed by atoms with Gasteiger partial charge in [0.1, 0.15) is 6.04 Å². The molecule has 0 bridgehead atoms. The molecular weight excluding hydrogens is 450 g/mol. The van der Waals surface area contributed by atoms with Crippen LogP contribution in [0.15, 0.2) is 60.7 Å². The first kappa shape index (κ1) is 27.1. The number of ketones is 1. The molecule has 2 rings (SSSR count). The summed E-state index contributed by atoms with van der Waals surface area (Å²) in [6.07, 6.45) is 5.03. The van der Waals surface area contributed by atoms with Gasteiger partial charge in [0.25, 0.3) is 0 Å². The molecule has 0 saturated heterocycles. The van der Waals surface area contributed by atoms with Gasteiger partial charge < -0.3 is 16.0 Å². The van der Waals surface area contributed by atoms with E-state index in [1.165, 1.54) is 13.0 Å². The molecular formula is C27H34ClN3O3. The largest absolute Gasteiger partial charge is 0.348 e. The normalized spacial score (nSPS) is 12.9. The molecule has 7 heteroatoms. The van der Waals surface area contributed by atoms with Crippen LogP contribution in [0.25, 0.3) is 0 Å². The van der Waals surface area contributed by atoms with Crippen LogP contribution >= 0.6 is 11.6 Å². The van der Waals surface area contributed by atoms with E-state index in [1.807, 2.05) is 51.1 Å². The molecule has 0 unspecified atom stereocenters. The average molecular weight is 484 g/mol. The van der Waals surface area contributed by atoms with E-state index in [2.05, 4.69) is 16.0 Å². The number of urea groups is 1. The van der Waals surface area contributed by atoms with E-state index in [1.54, 1.807) is 24.3 Å². The number of amides is 3. The summed E-state index contributed by atoms with van der Waals surface area (Å²) in [6.45, 7) is 7.30. The number of hydrogen-bond donors (Lipinski definition) is 3. The van der Waals surface area contributed by atoms with Gasteiger partial charge in [-0.05, 0) is 74.4 Å². The first-order valence-electron chi connectivity index (χ1n) is 11.5. The van der Waals surface area contributed by atoms with Gasteiger partial charge in [-0.2, -0.15) is 0 Å². The van der Waals surface area contributed by atoms with E-state index in [-0.39, 0.29) is 23.7 Å². The van der Waals surface area contributed by atoms with Gasteiger partial charge in [-0.15, -0.1) is 0 Å². The molecule has 3 amide bonds. The third-order valence-electron chi connectivity index (χ3n) is 5.24. The van der Waals surface area contributed by atoms with Crippen molar-refractivity contribution in [2.45, 2.75) is 59.0 Å². The molecule has 0 fully saturated rings. The molecule has 2 aromatic rings. The molecule has 2 aromatic carbocycles. The lowest BCUT2D eigenvalue weighted by molar-refractivity contribution is -0.123. The van der Waals surface area contributed by atoms with Crippen LogP contribution in [0.2, 0.25) is 5.02 Å². The number of carbonyl (C=O) groups excluding carboxylic acids is 3. The minimum Gasteiger partial charge on any atom is -0.348 e. The zero-order chi connectivity index (χ0) is 25.1. The van der Waals surface area contributed by atoms with Crippen molar-refractivity contribution in [2.75, 3.05) is 5.32 Å². The molecule has 0 spiro atoms. The molecule has 2 atom stereocenters. The Morgan fingerprint density at radius 3 is 2.35 bits per heavy atom. The Hall–Kier alpha value is -3.12. The first-order chi connectivity index (χ1) is 16.1. The second kappa shape index (κ2) is 13.6. The van der Waals surface area contributed by atoms with Gasteiger partial charge in [0.2, 0.25) is 5.91 Å². The molecule has 6 nitrogen and oxygen atoms in total. The molecule has 3 N–H and O–H groups in total. The highest BCUT2D eigenvalue weighted by molar-refractivity contribution is 6.30. The van der Waals surface area contributed by atoms with Crippen LogP contribution < -0.4 is 16.0 Å². The number of nitrogens with one attached hydrogen (secondary N) is 3. The molecule has 0 aliphatic heterocycles. The summed E-state index contributed by atoms with van der Waals surface area (Å²) in [5, 5.41) is 9.17. The number of rotatable bonds is 11. The van der Waals surface area contributed by atoms with Crippen molar-refractivity contribution in [3.63, 3.8) is 0 Å². The van der Waals surface area contributed by atoms with E-state index < -0.39 is 12.1 Å². The zero-order valence-corrected chi connectivity index (χ0v) is 21.0. The van der Waals surface area contributed by atoms with Crippen LogP contribution in [0.1, 0.15) is 44.7 Å². The van der Waals surface area contributed by atoms with Crippen molar-refractivity contribution >= 4 is 35.0 Å². The summed E-state index contributed by atoms with van der Waals surface area (Å²) in [6, 6.07) is 13.6. The standard InChI is InChI=1S/C27H34ClN3O3/c1-18(2)16-25(31-27(34)30-24-15-12-22(28)17-19(24)3)26(33)29-23(13-10-20(4)32)14-11-21-8-6-5-7-9-21/h5-10,12-13,15,17-18,23,25H,11,14,16H2,1-4H3,(H,29,33)(H2,30,31,34)/b13-10+/t23-,25+/m1/s1. The Bertz CT molecular complexity index is 1010. The number of carbonyl (C=O) groups is 3. The number of hydrogen-bond acceptors (Lipinski definition) is 3. The minimum absolute atomic E-state index is 0.0893. The zero-order valence-electron chi connectivity index (χ0n) is 20.2. The Labute approximate surface area is 207 Å². The molecule has 0 aliphatic rings. The second-order valence-electron chi connectivity index (χ2n) is 8.85. The number of anilines is 1. The molecule has 0 aliphatic carbocycles. The number of halogens is 1. The Balaban J connectivity index is 2.08. The second-order valence-corrected chi connectivity index (χ2v) is 9.29. The highest BCUT2D eigenvalue weighted by atomic mass is 35.5. The van der Waals surface area contributed by atoms with Crippen LogP contribution in [-0.4, -0.2) is 29.8 Å². The monoisotopic (exact) mass is 483 g/mol. The molecule has 34 heavy (non-hydrogen) atoms. The smallest absolute Gasteiger partial charge is 0.319 e. The lowest BCUT2D eigenvalue weighted by Gasteiger charge is -2.23. The van der Waals surface area contributed by atoms with Gasteiger partial charge in [-0.3, -0.25) is 9.59 Å². The maximum absolute atomic E-state index is 13.2. The summed E-state index contributed by atoms with van der Waals surface area (Å²) < 4.78 is 0. The van der Waals surface area contributed by atoms with E-state index in [0.29, 0.717) is 23.6 Å². The number of benzene rings is 2. The van der Waals surface area contributed by atoms with Crippen LogP contribution in [0.4, 0.5) is 10.5 Å². The maximum Gasteiger partial charge on any atom is 0.319 e. The van der Waals surface area contributed by atoms with Crippen LogP contribution in [-0.2, 0) is 16.0 Å². The fourth-order valence-electron chi connectivity index (χ4n) is 3.51. The summed E-state index contributed by atoms with van der Waals surface area (Å²) in [7, 11) is 0. The third kappa shape index (κ3) is 9.79. The summed E-state index contributed by atoms with van der Waals surface area (Å²) in [5.74, 6) is -0.194. The van der Waals surface area contributed by atoms with Gasteiger partial charge in [-0.1, -0.05) is 61.9 Å². The lowest BCUT2D eigenvalue weighted by atomic mass is 10.0. The van der Waals surface area contributed by atoms with Crippen LogP contribution in [0.3, 0.4) is 0 Å². The summed E-state index contributed by atoms with van der Waals surface area (Å²) in [4.78, 5) is 37.3. The lowest BCUT2D eigenvalue weighted by Crippen LogP contribution is -2.51. The fraction of sp³-hybridized carbons (Fsp3) is 0.370. The topological polar surface area (TPSA) is 87.3 Å². The highest BCUT2D eigenvalue weighted by Crippen LogP contribution is 2.19. The summed E-state index contributed by atoms with van der Waals surface area (Å²) >= 11 is 5.99. The number of allylic oxidation sites excluding steroid dienone is 1. The average Bonchev–Trinajstić information content (AvgIpc) is 2.77. The molecule has 0 radical (unpaired) electrons. The van der Waals surface area contributed by atoms with Crippen LogP contribution in [0, 0.1) is 12.8 Å². The Morgan fingerprint density at radius 1 is 1.03 bits per heavy atom. The van der Waals surface area contributed by atoms with Crippen molar-refractivity contribution in [2.24, 2.45) is 5.92 Å². The van der Waals surface area contributed by atoms with Crippen molar-refractivity contribution in [1.29, 1.82) is 0 Å². The van der Waals surface area contributed by atoms with Crippen LogP contribution in [0.5, 0.6) is 0 Å².